The smallest absolute Gasteiger partial charge is 0.127 e. The molecule has 1 aromatic rings. The van der Waals surface area contributed by atoms with E-state index in [0.29, 0.717) is 17.2 Å². The van der Waals surface area contributed by atoms with Crippen molar-refractivity contribution in [2.45, 2.75) is 19.8 Å². The minimum atomic E-state index is 0.432. The summed E-state index contributed by atoms with van der Waals surface area (Å²) in [7, 11) is 1.60. The molecule has 0 bridgehead atoms. The minimum absolute atomic E-state index is 0.432. The van der Waals surface area contributed by atoms with Gasteiger partial charge in [0.2, 0.25) is 0 Å². The van der Waals surface area contributed by atoms with Gasteiger partial charge in [0.25, 0.3) is 0 Å². The van der Waals surface area contributed by atoms with E-state index in [2.05, 4.69) is 20.4 Å². The second kappa shape index (κ2) is 4.65. The van der Waals surface area contributed by atoms with Gasteiger partial charge in [0.05, 0.1) is 18.8 Å². The van der Waals surface area contributed by atoms with Gasteiger partial charge in [0.15, 0.2) is 0 Å². The monoisotopic (exact) mass is 201 g/mol. The molecule has 0 heterocycles. The molecule has 0 unspecified atom stereocenters. The van der Waals surface area contributed by atoms with Crippen LogP contribution in [0.25, 0.3) is 5.57 Å². The summed E-state index contributed by atoms with van der Waals surface area (Å²) in [5.41, 5.74) is 2.41. The van der Waals surface area contributed by atoms with Gasteiger partial charge < -0.3 is 4.74 Å². The third-order valence-electron chi connectivity index (χ3n) is 2.35. The molecule has 2 nitrogen and oxygen atoms in total. The summed E-state index contributed by atoms with van der Waals surface area (Å²) < 4.78 is 5.19. The van der Waals surface area contributed by atoms with E-state index in [1.54, 1.807) is 7.11 Å². The number of hydrogen-bond acceptors (Lipinski definition) is 2. The molecule has 0 fully saturated rings. The predicted octanol–water partition coefficient (Wildman–Crippen LogP) is 3.36. The fourth-order valence-electron chi connectivity index (χ4n) is 1.38. The van der Waals surface area contributed by atoms with E-state index in [1.807, 2.05) is 24.3 Å². The van der Waals surface area contributed by atoms with Crippen LogP contribution >= 0.6 is 0 Å². The molecule has 1 rings (SSSR count). The van der Waals surface area contributed by atoms with Crippen LogP contribution in [0.5, 0.6) is 5.75 Å². The largest absolute Gasteiger partial charge is 0.496 e. The van der Waals surface area contributed by atoms with Crippen LogP contribution in [0.1, 0.15) is 30.9 Å². The van der Waals surface area contributed by atoms with E-state index < -0.39 is 0 Å². The first-order chi connectivity index (χ1) is 7.10. The van der Waals surface area contributed by atoms with E-state index in [-0.39, 0.29) is 0 Å². The van der Waals surface area contributed by atoms with Crippen LogP contribution in [0, 0.1) is 11.3 Å². The van der Waals surface area contributed by atoms with Gasteiger partial charge in [0.1, 0.15) is 5.75 Å². The zero-order valence-electron chi connectivity index (χ0n) is 9.37. The van der Waals surface area contributed by atoms with Crippen LogP contribution in [0.15, 0.2) is 24.8 Å². The summed E-state index contributed by atoms with van der Waals surface area (Å²) in [5.74, 6) is 1.13. The molecule has 2 heteroatoms. The highest BCUT2D eigenvalue weighted by atomic mass is 16.5. The molecular formula is C13H15NO. The Morgan fingerprint density at radius 1 is 1.47 bits per heavy atom. The lowest BCUT2D eigenvalue weighted by atomic mass is 9.97. The molecule has 0 aliphatic carbocycles. The van der Waals surface area contributed by atoms with Crippen LogP contribution in [0.2, 0.25) is 0 Å². The zero-order chi connectivity index (χ0) is 11.4. The normalized spacial score (nSPS) is 9.80. The van der Waals surface area contributed by atoms with Crippen LogP contribution < -0.4 is 4.74 Å². The Labute approximate surface area is 90.8 Å². The van der Waals surface area contributed by atoms with E-state index in [1.165, 1.54) is 5.56 Å². The third-order valence-corrected chi connectivity index (χ3v) is 2.35. The highest BCUT2D eigenvalue weighted by molar-refractivity contribution is 5.78. The minimum Gasteiger partial charge on any atom is -0.496 e. The number of methoxy groups -OCH3 is 1. The number of ether oxygens (including phenoxy) is 1. The van der Waals surface area contributed by atoms with Crippen molar-refractivity contribution in [1.82, 2.24) is 0 Å². The number of nitrogens with zero attached hydrogens (tertiary/aromatic N) is 1. The molecule has 0 aliphatic heterocycles. The van der Waals surface area contributed by atoms with Crippen molar-refractivity contribution in [2.75, 3.05) is 7.11 Å². The molecule has 0 radical (unpaired) electrons. The van der Waals surface area contributed by atoms with E-state index in [4.69, 9.17) is 10.00 Å². The molecule has 0 atom stereocenters. The summed E-state index contributed by atoms with van der Waals surface area (Å²) in [5, 5.41) is 8.83. The maximum absolute atomic E-state index is 8.83. The average Bonchev–Trinajstić information content (AvgIpc) is 2.27. The average molecular weight is 201 g/mol. The Hall–Kier alpha value is -1.75. The highest BCUT2D eigenvalue weighted by Gasteiger charge is 2.09. The van der Waals surface area contributed by atoms with Gasteiger partial charge in [-0.15, -0.1) is 0 Å². The highest BCUT2D eigenvalue weighted by Crippen LogP contribution is 2.28. The molecule has 0 saturated heterocycles. The molecule has 0 N–H and O–H groups in total. The van der Waals surface area contributed by atoms with Crippen LogP contribution in [-0.2, 0) is 0 Å². The Bertz CT molecular complexity index is 413. The van der Waals surface area contributed by atoms with Crippen molar-refractivity contribution >= 4 is 5.57 Å². The van der Waals surface area contributed by atoms with Crippen LogP contribution in [0.3, 0.4) is 0 Å². The molecule has 0 spiro atoms. The zero-order valence-corrected chi connectivity index (χ0v) is 9.37. The van der Waals surface area contributed by atoms with Gasteiger partial charge in [-0.25, -0.2) is 0 Å². The van der Waals surface area contributed by atoms with Crippen molar-refractivity contribution < 1.29 is 4.74 Å². The van der Waals surface area contributed by atoms with E-state index >= 15 is 0 Å². The maximum atomic E-state index is 8.83. The lowest BCUT2D eigenvalue weighted by Gasteiger charge is -2.11. The Morgan fingerprint density at radius 2 is 2.13 bits per heavy atom. The van der Waals surface area contributed by atoms with Crippen molar-refractivity contribution in [3.63, 3.8) is 0 Å². The Balaban J connectivity index is 3.26. The predicted molar refractivity (Wildman–Crippen MR) is 61.7 cm³/mol. The molecule has 15 heavy (non-hydrogen) atoms. The quantitative estimate of drug-likeness (QED) is 0.702. The summed E-state index contributed by atoms with van der Waals surface area (Å²) in [6.07, 6.45) is 0. The summed E-state index contributed by atoms with van der Waals surface area (Å²) in [4.78, 5) is 0. The Kier molecular flexibility index (Phi) is 3.51. The second-order valence-electron chi connectivity index (χ2n) is 3.70. The van der Waals surface area contributed by atoms with Crippen LogP contribution in [-0.4, -0.2) is 7.11 Å². The molecule has 0 amide bonds. The van der Waals surface area contributed by atoms with Crippen molar-refractivity contribution in [2.24, 2.45) is 0 Å². The lowest BCUT2D eigenvalue weighted by molar-refractivity contribution is 0.413. The first kappa shape index (κ1) is 11.3. The van der Waals surface area contributed by atoms with Gasteiger partial charge in [0, 0.05) is 5.56 Å². The fraction of sp³-hybridized carbons (Fsp3) is 0.308. The molecule has 0 aromatic heterocycles. The van der Waals surface area contributed by atoms with Gasteiger partial charge >= 0.3 is 0 Å². The van der Waals surface area contributed by atoms with Gasteiger partial charge in [-0.3, -0.25) is 0 Å². The number of allylic oxidation sites excluding steroid dienone is 1. The summed E-state index contributed by atoms with van der Waals surface area (Å²) in [6, 6.07) is 7.91. The first-order valence-electron chi connectivity index (χ1n) is 4.87. The number of benzene rings is 1. The lowest BCUT2D eigenvalue weighted by Crippen LogP contribution is -1.94. The standard InChI is InChI=1S/C13H15NO/c1-9(2)11-5-6-13(15-4)12(7-11)10(3)8-14/h5-7,9H,3H2,1-2,4H3. The van der Waals surface area contributed by atoms with E-state index in [9.17, 15) is 0 Å². The fourth-order valence-corrected chi connectivity index (χ4v) is 1.38. The third kappa shape index (κ3) is 2.38. The summed E-state index contributed by atoms with van der Waals surface area (Å²) in [6.45, 7) is 7.94. The molecule has 0 saturated carbocycles. The molecule has 0 aliphatic rings. The number of rotatable bonds is 3. The number of nitriles is 1. The first-order valence-corrected chi connectivity index (χ1v) is 4.87. The molecule has 78 valence electrons. The number of hydrogen-bond donors (Lipinski definition) is 0. The van der Waals surface area contributed by atoms with Gasteiger partial charge in [-0.2, -0.15) is 5.26 Å². The Morgan fingerprint density at radius 3 is 2.60 bits per heavy atom. The maximum Gasteiger partial charge on any atom is 0.127 e. The SMILES string of the molecule is C=C(C#N)c1cc(C(C)C)ccc1OC. The molecular weight excluding hydrogens is 186 g/mol. The van der Waals surface area contributed by atoms with Crippen LogP contribution in [0.4, 0.5) is 0 Å². The van der Waals surface area contributed by atoms with Gasteiger partial charge in [-0.05, 0) is 23.6 Å². The van der Waals surface area contributed by atoms with E-state index in [0.717, 1.165) is 5.56 Å². The van der Waals surface area contributed by atoms with Crippen molar-refractivity contribution in [3.8, 4) is 11.8 Å². The topological polar surface area (TPSA) is 33.0 Å². The van der Waals surface area contributed by atoms with Crippen molar-refractivity contribution in [3.05, 3.63) is 35.9 Å². The summed E-state index contributed by atoms with van der Waals surface area (Å²) >= 11 is 0. The second-order valence-corrected chi connectivity index (χ2v) is 3.70. The van der Waals surface area contributed by atoms with Crippen molar-refractivity contribution in [1.29, 1.82) is 5.26 Å². The molecule has 1 aromatic carbocycles. The van der Waals surface area contributed by atoms with Gasteiger partial charge in [-0.1, -0.05) is 26.5 Å².